The van der Waals surface area contributed by atoms with E-state index in [-0.39, 0.29) is 5.91 Å². The van der Waals surface area contributed by atoms with Crippen LogP contribution in [0.4, 0.5) is 0 Å². The van der Waals surface area contributed by atoms with Gasteiger partial charge in [-0.1, -0.05) is 6.07 Å². The first kappa shape index (κ1) is 14.8. The molecule has 2 aromatic rings. The summed E-state index contributed by atoms with van der Waals surface area (Å²) in [5.74, 6) is 0.905. The highest BCUT2D eigenvalue weighted by atomic mass is 32.1. The predicted octanol–water partition coefficient (Wildman–Crippen LogP) is 3.27. The van der Waals surface area contributed by atoms with Crippen LogP contribution in [0.15, 0.2) is 29.9 Å². The first-order valence-corrected chi connectivity index (χ1v) is 9.04. The molecule has 1 aliphatic carbocycles. The Labute approximate surface area is 140 Å². The Balaban J connectivity index is 1.45. The standard InChI is InChI=1S/C18H20N2O2S/c21-18(17-2-1-7-23-17)20-6-5-16-14(10-20)8-19-9-15(16)12-22-11-13-3-4-13/h1-2,7-9,13H,3-6,10-12H2. The molecule has 0 saturated heterocycles. The largest absolute Gasteiger partial charge is 0.376 e. The van der Waals surface area contributed by atoms with Gasteiger partial charge in [-0.05, 0) is 53.3 Å². The Morgan fingerprint density at radius 3 is 3.09 bits per heavy atom. The third kappa shape index (κ3) is 3.31. The van der Waals surface area contributed by atoms with Crippen LogP contribution >= 0.6 is 11.3 Å². The lowest BCUT2D eigenvalue weighted by molar-refractivity contribution is 0.0737. The molecule has 1 fully saturated rings. The zero-order valence-electron chi connectivity index (χ0n) is 13.0. The molecular formula is C18H20N2O2S. The number of carbonyl (C=O) groups excluding carboxylic acids is 1. The van der Waals surface area contributed by atoms with Crippen LogP contribution in [0.3, 0.4) is 0 Å². The quantitative estimate of drug-likeness (QED) is 0.846. The topological polar surface area (TPSA) is 42.4 Å². The molecule has 3 heterocycles. The zero-order chi connectivity index (χ0) is 15.6. The Morgan fingerprint density at radius 2 is 2.30 bits per heavy atom. The molecule has 0 unspecified atom stereocenters. The van der Waals surface area contributed by atoms with Crippen LogP contribution in [0.5, 0.6) is 0 Å². The molecule has 0 radical (unpaired) electrons. The van der Waals surface area contributed by atoms with Gasteiger partial charge in [0.15, 0.2) is 0 Å². The third-order valence-corrected chi connectivity index (χ3v) is 5.41. The van der Waals surface area contributed by atoms with Crippen LogP contribution < -0.4 is 0 Å². The maximum absolute atomic E-state index is 12.5. The second-order valence-corrected chi connectivity index (χ2v) is 7.30. The summed E-state index contributed by atoms with van der Waals surface area (Å²) >= 11 is 1.50. The summed E-state index contributed by atoms with van der Waals surface area (Å²) in [6.07, 6.45) is 7.32. The van der Waals surface area contributed by atoms with Gasteiger partial charge in [0.2, 0.25) is 0 Å². The second kappa shape index (κ2) is 6.42. The number of ether oxygens (including phenoxy) is 1. The lowest BCUT2D eigenvalue weighted by atomic mass is 9.97. The summed E-state index contributed by atoms with van der Waals surface area (Å²) in [7, 11) is 0. The summed E-state index contributed by atoms with van der Waals surface area (Å²) < 4.78 is 5.82. The van der Waals surface area contributed by atoms with Gasteiger partial charge in [-0.25, -0.2) is 0 Å². The Bertz CT molecular complexity index is 695. The maximum Gasteiger partial charge on any atom is 0.264 e. The molecule has 1 aliphatic heterocycles. The normalized spacial score (nSPS) is 17.1. The van der Waals surface area contributed by atoms with Crippen molar-refractivity contribution in [3.63, 3.8) is 0 Å². The van der Waals surface area contributed by atoms with Crippen molar-refractivity contribution in [1.82, 2.24) is 9.88 Å². The van der Waals surface area contributed by atoms with Crippen molar-refractivity contribution in [3.8, 4) is 0 Å². The average molecular weight is 328 g/mol. The number of hydrogen-bond donors (Lipinski definition) is 0. The monoisotopic (exact) mass is 328 g/mol. The molecule has 1 amide bonds. The fraction of sp³-hybridized carbons (Fsp3) is 0.444. The lowest BCUT2D eigenvalue weighted by Crippen LogP contribution is -2.36. The number of aromatic nitrogens is 1. The van der Waals surface area contributed by atoms with E-state index >= 15 is 0 Å². The van der Waals surface area contributed by atoms with Gasteiger partial charge in [0, 0.05) is 32.1 Å². The fourth-order valence-electron chi connectivity index (χ4n) is 3.04. The number of thiophene rings is 1. The molecule has 1 saturated carbocycles. The average Bonchev–Trinajstić information content (AvgIpc) is 3.24. The number of fused-ring (bicyclic) bond motifs is 1. The zero-order valence-corrected chi connectivity index (χ0v) is 13.8. The highest BCUT2D eigenvalue weighted by Crippen LogP contribution is 2.30. The first-order chi connectivity index (χ1) is 11.3. The molecule has 4 nitrogen and oxygen atoms in total. The van der Waals surface area contributed by atoms with Crippen molar-refractivity contribution in [1.29, 1.82) is 0 Å². The summed E-state index contributed by atoms with van der Waals surface area (Å²) in [6.45, 7) is 2.93. The third-order valence-electron chi connectivity index (χ3n) is 4.56. The summed E-state index contributed by atoms with van der Waals surface area (Å²) in [4.78, 5) is 19.6. The van der Waals surface area contributed by atoms with Crippen molar-refractivity contribution >= 4 is 17.2 Å². The van der Waals surface area contributed by atoms with E-state index in [0.29, 0.717) is 13.2 Å². The predicted molar refractivity (Wildman–Crippen MR) is 89.4 cm³/mol. The van der Waals surface area contributed by atoms with Crippen molar-refractivity contribution in [2.24, 2.45) is 5.92 Å². The Morgan fingerprint density at radius 1 is 1.39 bits per heavy atom. The SMILES string of the molecule is O=C(c1cccs1)N1CCc2c(COCC3CC3)cncc2C1. The smallest absolute Gasteiger partial charge is 0.264 e. The van der Waals surface area contributed by atoms with Crippen molar-refractivity contribution in [2.75, 3.05) is 13.2 Å². The van der Waals surface area contributed by atoms with E-state index in [1.807, 2.05) is 34.8 Å². The van der Waals surface area contributed by atoms with E-state index in [1.54, 1.807) is 0 Å². The molecule has 2 aliphatic rings. The van der Waals surface area contributed by atoms with Crippen LogP contribution in [0.25, 0.3) is 0 Å². The van der Waals surface area contributed by atoms with Gasteiger partial charge in [0.25, 0.3) is 5.91 Å². The van der Waals surface area contributed by atoms with E-state index in [9.17, 15) is 4.79 Å². The minimum absolute atomic E-state index is 0.126. The van der Waals surface area contributed by atoms with Gasteiger partial charge in [-0.3, -0.25) is 9.78 Å². The van der Waals surface area contributed by atoms with Crippen molar-refractivity contribution in [2.45, 2.75) is 32.4 Å². The number of carbonyl (C=O) groups is 1. The molecule has 0 bridgehead atoms. The van der Waals surface area contributed by atoms with Crippen LogP contribution in [-0.4, -0.2) is 28.9 Å². The molecule has 4 rings (SSSR count). The number of pyridine rings is 1. The second-order valence-electron chi connectivity index (χ2n) is 6.35. The van der Waals surface area contributed by atoms with E-state index in [2.05, 4.69) is 4.98 Å². The number of rotatable bonds is 5. The fourth-order valence-corrected chi connectivity index (χ4v) is 3.73. The van der Waals surface area contributed by atoms with E-state index in [4.69, 9.17) is 4.74 Å². The summed E-state index contributed by atoms with van der Waals surface area (Å²) in [5, 5.41) is 1.95. The van der Waals surface area contributed by atoms with E-state index in [1.165, 1.54) is 35.3 Å². The van der Waals surface area contributed by atoms with Gasteiger partial charge in [-0.15, -0.1) is 11.3 Å². The van der Waals surface area contributed by atoms with Gasteiger partial charge >= 0.3 is 0 Å². The first-order valence-electron chi connectivity index (χ1n) is 8.16. The van der Waals surface area contributed by atoms with Crippen LogP contribution in [0, 0.1) is 5.92 Å². The van der Waals surface area contributed by atoms with Crippen molar-refractivity contribution in [3.05, 3.63) is 51.5 Å². The number of hydrogen-bond acceptors (Lipinski definition) is 4. The van der Waals surface area contributed by atoms with Crippen LogP contribution in [0.1, 0.15) is 39.2 Å². The molecule has 0 aromatic carbocycles. The minimum Gasteiger partial charge on any atom is -0.376 e. The van der Waals surface area contributed by atoms with Gasteiger partial charge in [0.1, 0.15) is 0 Å². The van der Waals surface area contributed by atoms with Gasteiger partial charge in [0.05, 0.1) is 11.5 Å². The molecule has 23 heavy (non-hydrogen) atoms. The van der Waals surface area contributed by atoms with Crippen molar-refractivity contribution < 1.29 is 9.53 Å². The molecule has 0 atom stereocenters. The minimum atomic E-state index is 0.126. The molecule has 2 aromatic heterocycles. The van der Waals surface area contributed by atoms with Crippen LogP contribution in [0.2, 0.25) is 0 Å². The van der Waals surface area contributed by atoms with E-state index < -0.39 is 0 Å². The lowest BCUT2D eigenvalue weighted by Gasteiger charge is -2.29. The summed E-state index contributed by atoms with van der Waals surface area (Å²) in [6, 6.07) is 3.82. The number of amides is 1. The van der Waals surface area contributed by atoms with E-state index in [0.717, 1.165) is 35.9 Å². The molecule has 5 heteroatoms. The van der Waals surface area contributed by atoms with Gasteiger partial charge < -0.3 is 9.64 Å². The molecular weight excluding hydrogens is 308 g/mol. The molecule has 0 N–H and O–H groups in total. The van der Waals surface area contributed by atoms with Gasteiger partial charge in [-0.2, -0.15) is 0 Å². The number of nitrogens with zero attached hydrogens (tertiary/aromatic N) is 2. The van der Waals surface area contributed by atoms with Crippen LogP contribution in [-0.2, 0) is 24.3 Å². The molecule has 120 valence electrons. The maximum atomic E-state index is 12.5. The summed E-state index contributed by atoms with van der Waals surface area (Å²) in [5.41, 5.74) is 3.67. The highest BCUT2D eigenvalue weighted by Gasteiger charge is 2.25. The Kier molecular flexibility index (Phi) is 4.14. The highest BCUT2D eigenvalue weighted by molar-refractivity contribution is 7.12. The molecule has 0 spiro atoms. The Hall–Kier alpha value is -1.72.